The molecule has 0 aliphatic heterocycles. The van der Waals surface area contributed by atoms with Gasteiger partial charge in [-0.2, -0.15) is 0 Å². The normalized spacial score (nSPS) is 8.00. The molecule has 3 N–H and O–H groups in total. The Labute approximate surface area is 78.3 Å². The van der Waals surface area contributed by atoms with Gasteiger partial charge in [0, 0.05) is 19.8 Å². The maximum absolute atomic E-state index is 5.31. The van der Waals surface area contributed by atoms with Gasteiger partial charge in [-0.15, -0.1) is 0 Å². The monoisotopic (exact) mass is 177 g/mol. The lowest BCUT2D eigenvalue weighted by Crippen LogP contribution is -2.31. The standard InChI is InChI=1S/C5H15N3.2C2H6/c1-7-3-4-8(2)5-6;2*1-2/h7H,3-6H2,1-2H3;2*1-2H3. The molecule has 0 atom stereocenters. The van der Waals surface area contributed by atoms with E-state index in [1.807, 2.05) is 41.8 Å². The fourth-order valence-corrected chi connectivity index (χ4v) is 0.394. The van der Waals surface area contributed by atoms with Crippen molar-refractivity contribution in [3.05, 3.63) is 0 Å². The molecule has 0 aromatic rings. The first-order valence-corrected chi connectivity index (χ1v) is 4.84. The van der Waals surface area contributed by atoms with Gasteiger partial charge in [0.1, 0.15) is 0 Å². The molecular formula is C9H27N3. The Morgan fingerprint density at radius 3 is 1.83 bits per heavy atom. The summed E-state index contributed by atoms with van der Waals surface area (Å²) in [5.41, 5.74) is 5.31. The number of nitrogens with zero attached hydrogens (tertiary/aromatic N) is 1. The van der Waals surface area contributed by atoms with Gasteiger partial charge in [0.05, 0.1) is 0 Å². The molecule has 0 saturated heterocycles. The van der Waals surface area contributed by atoms with Crippen LogP contribution >= 0.6 is 0 Å². The third-order valence-corrected chi connectivity index (χ3v) is 1.06. The summed E-state index contributed by atoms with van der Waals surface area (Å²) in [5.74, 6) is 0. The van der Waals surface area contributed by atoms with E-state index >= 15 is 0 Å². The van der Waals surface area contributed by atoms with Crippen LogP contribution in [0.25, 0.3) is 0 Å². The van der Waals surface area contributed by atoms with E-state index in [2.05, 4.69) is 10.2 Å². The van der Waals surface area contributed by atoms with Gasteiger partial charge in [-0.25, -0.2) is 0 Å². The highest BCUT2D eigenvalue weighted by atomic mass is 15.2. The first kappa shape index (κ1) is 17.8. The van der Waals surface area contributed by atoms with Gasteiger partial charge in [-0.05, 0) is 14.1 Å². The zero-order valence-corrected chi connectivity index (χ0v) is 9.65. The van der Waals surface area contributed by atoms with Gasteiger partial charge < -0.3 is 11.1 Å². The highest BCUT2D eigenvalue weighted by Crippen LogP contribution is 1.71. The molecular weight excluding hydrogens is 150 g/mol. The molecule has 78 valence electrons. The largest absolute Gasteiger partial charge is 0.318 e. The van der Waals surface area contributed by atoms with E-state index in [0.717, 1.165) is 13.1 Å². The van der Waals surface area contributed by atoms with E-state index < -0.39 is 0 Å². The fourth-order valence-electron chi connectivity index (χ4n) is 0.394. The molecule has 0 rings (SSSR count). The predicted molar refractivity (Wildman–Crippen MR) is 58.3 cm³/mol. The third kappa shape index (κ3) is 22.5. The quantitative estimate of drug-likeness (QED) is 0.632. The van der Waals surface area contributed by atoms with E-state index in [-0.39, 0.29) is 0 Å². The minimum absolute atomic E-state index is 0.641. The summed E-state index contributed by atoms with van der Waals surface area (Å²) in [5, 5.41) is 3.04. The Bertz CT molecular complexity index is 49.0. The summed E-state index contributed by atoms with van der Waals surface area (Å²) in [7, 11) is 3.93. The third-order valence-electron chi connectivity index (χ3n) is 1.06. The van der Waals surface area contributed by atoms with Gasteiger partial charge in [-0.1, -0.05) is 27.7 Å². The maximum atomic E-state index is 5.31. The van der Waals surface area contributed by atoms with E-state index in [4.69, 9.17) is 5.73 Å². The predicted octanol–water partition coefficient (Wildman–Crippen LogP) is 1.11. The Balaban J connectivity index is -0.000000175. The molecule has 0 spiro atoms. The topological polar surface area (TPSA) is 41.3 Å². The average Bonchev–Trinajstić information content (AvgIpc) is 2.20. The Morgan fingerprint density at radius 1 is 1.17 bits per heavy atom. The summed E-state index contributed by atoms with van der Waals surface area (Å²) in [6.45, 7) is 10.7. The van der Waals surface area contributed by atoms with E-state index in [9.17, 15) is 0 Å². The molecule has 0 aromatic heterocycles. The lowest BCUT2D eigenvalue weighted by Gasteiger charge is -2.11. The second-order valence-electron chi connectivity index (χ2n) is 1.87. The summed E-state index contributed by atoms with van der Waals surface area (Å²) in [6, 6.07) is 0. The zero-order valence-electron chi connectivity index (χ0n) is 9.65. The Hall–Kier alpha value is -0.120. The maximum Gasteiger partial charge on any atom is 0.0452 e. The van der Waals surface area contributed by atoms with Gasteiger partial charge in [0.15, 0.2) is 0 Å². The smallest absolute Gasteiger partial charge is 0.0452 e. The number of rotatable bonds is 4. The zero-order chi connectivity index (χ0) is 10.4. The SMILES string of the molecule is CC.CC.CNCCN(C)CN. The molecule has 0 aromatic carbocycles. The second-order valence-corrected chi connectivity index (χ2v) is 1.87. The second kappa shape index (κ2) is 22.4. The van der Waals surface area contributed by atoms with Gasteiger partial charge in [0.25, 0.3) is 0 Å². The van der Waals surface area contributed by atoms with Crippen molar-refractivity contribution in [1.29, 1.82) is 0 Å². The lowest BCUT2D eigenvalue weighted by molar-refractivity contribution is 0.345. The summed E-state index contributed by atoms with van der Waals surface area (Å²) in [6.07, 6.45) is 0. The van der Waals surface area contributed by atoms with Crippen molar-refractivity contribution in [3.63, 3.8) is 0 Å². The van der Waals surface area contributed by atoms with Crippen LogP contribution in [0, 0.1) is 0 Å². The molecule has 0 radical (unpaired) electrons. The molecule has 0 heterocycles. The van der Waals surface area contributed by atoms with Crippen LogP contribution in [0.4, 0.5) is 0 Å². The first-order chi connectivity index (χ1) is 5.81. The van der Waals surface area contributed by atoms with Crippen molar-refractivity contribution < 1.29 is 0 Å². The van der Waals surface area contributed by atoms with Crippen molar-refractivity contribution in [2.24, 2.45) is 5.73 Å². The number of likely N-dealkylation sites (N-methyl/N-ethyl adjacent to an activating group) is 2. The molecule has 3 nitrogen and oxygen atoms in total. The van der Waals surface area contributed by atoms with Crippen LogP contribution in [-0.4, -0.2) is 38.8 Å². The summed E-state index contributed by atoms with van der Waals surface area (Å²) in [4.78, 5) is 2.05. The van der Waals surface area contributed by atoms with Crippen molar-refractivity contribution >= 4 is 0 Å². The molecule has 3 heteroatoms. The molecule has 0 bridgehead atoms. The molecule has 0 aliphatic rings. The Kier molecular flexibility index (Phi) is 33.3. The number of nitrogens with two attached hydrogens (primary N) is 1. The van der Waals surface area contributed by atoms with Crippen LogP contribution in [0.2, 0.25) is 0 Å². The summed E-state index contributed by atoms with van der Waals surface area (Å²) >= 11 is 0. The van der Waals surface area contributed by atoms with E-state index in [1.54, 1.807) is 0 Å². The minimum Gasteiger partial charge on any atom is -0.318 e. The van der Waals surface area contributed by atoms with Crippen LogP contribution in [0.5, 0.6) is 0 Å². The lowest BCUT2D eigenvalue weighted by atomic mass is 10.6. The Morgan fingerprint density at radius 2 is 1.58 bits per heavy atom. The van der Waals surface area contributed by atoms with Crippen molar-refractivity contribution in [2.45, 2.75) is 27.7 Å². The van der Waals surface area contributed by atoms with Gasteiger partial charge in [0.2, 0.25) is 0 Å². The van der Waals surface area contributed by atoms with Crippen molar-refractivity contribution in [2.75, 3.05) is 33.9 Å². The van der Waals surface area contributed by atoms with Crippen molar-refractivity contribution in [3.8, 4) is 0 Å². The van der Waals surface area contributed by atoms with E-state index in [1.165, 1.54) is 0 Å². The van der Waals surface area contributed by atoms with Crippen molar-refractivity contribution in [1.82, 2.24) is 10.2 Å². The highest BCUT2D eigenvalue weighted by Gasteiger charge is 1.88. The van der Waals surface area contributed by atoms with Crippen LogP contribution in [-0.2, 0) is 0 Å². The minimum atomic E-state index is 0.641. The van der Waals surface area contributed by atoms with Gasteiger partial charge >= 0.3 is 0 Å². The molecule has 0 unspecified atom stereocenters. The van der Waals surface area contributed by atoms with Crippen LogP contribution in [0.1, 0.15) is 27.7 Å². The van der Waals surface area contributed by atoms with Crippen LogP contribution < -0.4 is 11.1 Å². The fraction of sp³-hybridized carbons (Fsp3) is 1.00. The molecule has 0 aliphatic carbocycles. The number of hydrogen-bond acceptors (Lipinski definition) is 3. The molecule has 0 amide bonds. The first-order valence-electron chi connectivity index (χ1n) is 4.84. The number of hydrogen-bond donors (Lipinski definition) is 2. The highest BCUT2D eigenvalue weighted by molar-refractivity contribution is 4.46. The molecule has 0 saturated carbocycles. The average molecular weight is 177 g/mol. The molecule has 0 fully saturated rings. The van der Waals surface area contributed by atoms with Crippen LogP contribution in [0.3, 0.4) is 0 Å². The van der Waals surface area contributed by atoms with E-state index in [0.29, 0.717) is 6.67 Å². The number of nitrogens with one attached hydrogen (secondary N) is 1. The molecule has 12 heavy (non-hydrogen) atoms. The van der Waals surface area contributed by atoms with Gasteiger partial charge in [-0.3, -0.25) is 4.90 Å². The van der Waals surface area contributed by atoms with Crippen LogP contribution in [0.15, 0.2) is 0 Å². The summed E-state index contributed by atoms with van der Waals surface area (Å²) < 4.78 is 0.